The quantitative estimate of drug-likeness (QED) is 0.738. The lowest BCUT2D eigenvalue weighted by atomic mass is 10.1. The zero-order valence-corrected chi connectivity index (χ0v) is 17.7. The van der Waals surface area contributed by atoms with Crippen LogP contribution in [0.5, 0.6) is 5.75 Å². The highest BCUT2D eigenvalue weighted by Gasteiger charge is 2.36. The molecule has 1 atom stereocenters. The number of ether oxygens (including phenoxy) is 2. The number of carbonyl (C=O) groups is 3. The average molecular weight is 435 g/mol. The van der Waals surface area contributed by atoms with Crippen molar-refractivity contribution < 1.29 is 23.9 Å². The van der Waals surface area contributed by atoms with Crippen LogP contribution in [0.2, 0.25) is 0 Å². The van der Waals surface area contributed by atoms with Crippen molar-refractivity contribution in [2.45, 2.75) is 18.9 Å². The van der Waals surface area contributed by atoms with E-state index in [1.807, 2.05) is 18.2 Å². The maximum atomic E-state index is 13.4. The minimum atomic E-state index is -0.770. The van der Waals surface area contributed by atoms with E-state index in [0.29, 0.717) is 56.3 Å². The molecule has 1 unspecified atom stereocenters. The standard InChI is InChI=1S/C24H25N3O5/c28-22-6-3-11-26(22)18-9-7-17(8-10-18)23(29)27-16-21(24(30)25-12-14-31-15-13-25)32-20-5-2-1-4-19(20)27/h1-2,4-5,7-10,21H,3,6,11-16H2. The second-order valence-electron chi connectivity index (χ2n) is 8.12. The Hall–Kier alpha value is -3.39. The van der Waals surface area contributed by atoms with E-state index in [9.17, 15) is 14.4 Å². The highest BCUT2D eigenvalue weighted by molar-refractivity contribution is 6.08. The molecule has 2 fully saturated rings. The molecular weight excluding hydrogens is 410 g/mol. The van der Waals surface area contributed by atoms with Gasteiger partial charge < -0.3 is 24.2 Å². The third kappa shape index (κ3) is 3.82. The Morgan fingerprint density at radius 1 is 0.938 bits per heavy atom. The molecule has 3 heterocycles. The van der Waals surface area contributed by atoms with E-state index in [1.54, 1.807) is 45.0 Å². The van der Waals surface area contributed by atoms with Gasteiger partial charge in [-0.2, -0.15) is 0 Å². The molecular formula is C24H25N3O5. The van der Waals surface area contributed by atoms with Crippen LogP contribution in [-0.2, 0) is 14.3 Å². The van der Waals surface area contributed by atoms with Crippen LogP contribution in [0.1, 0.15) is 23.2 Å². The van der Waals surface area contributed by atoms with E-state index in [2.05, 4.69) is 0 Å². The van der Waals surface area contributed by atoms with Crippen molar-refractivity contribution in [3.63, 3.8) is 0 Å². The number of rotatable bonds is 3. The molecule has 8 nitrogen and oxygen atoms in total. The van der Waals surface area contributed by atoms with Crippen LogP contribution < -0.4 is 14.5 Å². The summed E-state index contributed by atoms with van der Waals surface area (Å²) in [6, 6.07) is 14.3. The summed E-state index contributed by atoms with van der Waals surface area (Å²) in [6.07, 6.45) is 0.639. The predicted octanol–water partition coefficient (Wildman–Crippen LogP) is 2.08. The van der Waals surface area contributed by atoms with Gasteiger partial charge in [0.25, 0.3) is 11.8 Å². The number of para-hydroxylation sites is 2. The van der Waals surface area contributed by atoms with Crippen molar-refractivity contribution in [3.05, 3.63) is 54.1 Å². The highest BCUT2D eigenvalue weighted by atomic mass is 16.5. The van der Waals surface area contributed by atoms with E-state index in [-0.39, 0.29) is 24.3 Å². The molecule has 0 N–H and O–H groups in total. The number of anilines is 2. The van der Waals surface area contributed by atoms with Gasteiger partial charge in [0.1, 0.15) is 5.75 Å². The van der Waals surface area contributed by atoms with Gasteiger partial charge in [0, 0.05) is 37.3 Å². The van der Waals surface area contributed by atoms with Crippen molar-refractivity contribution in [2.24, 2.45) is 0 Å². The smallest absolute Gasteiger partial charge is 0.265 e. The minimum Gasteiger partial charge on any atom is -0.476 e. The van der Waals surface area contributed by atoms with Crippen LogP contribution in [0.3, 0.4) is 0 Å². The Morgan fingerprint density at radius 3 is 2.41 bits per heavy atom. The summed E-state index contributed by atoms with van der Waals surface area (Å²) in [5, 5.41) is 0. The van der Waals surface area contributed by atoms with E-state index >= 15 is 0 Å². The molecule has 0 radical (unpaired) electrons. The first-order chi connectivity index (χ1) is 15.6. The number of nitrogens with zero attached hydrogens (tertiary/aromatic N) is 3. The number of benzene rings is 2. The molecule has 5 rings (SSSR count). The zero-order valence-electron chi connectivity index (χ0n) is 17.7. The van der Waals surface area contributed by atoms with Crippen molar-refractivity contribution in [2.75, 3.05) is 49.2 Å². The molecule has 166 valence electrons. The van der Waals surface area contributed by atoms with Crippen LogP contribution in [0, 0.1) is 0 Å². The topological polar surface area (TPSA) is 79.4 Å². The molecule has 0 aliphatic carbocycles. The molecule has 2 aromatic rings. The van der Waals surface area contributed by atoms with Crippen LogP contribution in [0.25, 0.3) is 0 Å². The number of hydrogen-bond donors (Lipinski definition) is 0. The maximum Gasteiger partial charge on any atom is 0.265 e. The van der Waals surface area contributed by atoms with Gasteiger partial charge in [-0.3, -0.25) is 14.4 Å². The average Bonchev–Trinajstić information content (AvgIpc) is 3.29. The molecule has 2 saturated heterocycles. The normalized spacial score (nSPS) is 20.7. The first-order valence-corrected chi connectivity index (χ1v) is 11.0. The Balaban J connectivity index is 1.39. The van der Waals surface area contributed by atoms with E-state index in [4.69, 9.17) is 9.47 Å². The molecule has 0 saturated carbocycles. The van der Waals surface area contributed by atoms with Gasteiger partial charge in [-0.1, -0.05) is 12.1 Å². The number of morpholine rings is 1. The largest absolute Gasteiger partial charge is 0.476 e. The van der Waals surface area contributed by atoms with E-state index < -0.39 is 6.10 Å². The highest BCUT2D eigenvalue weighted by Crippen LogP contribution is 2.35. The lowest BCUT2D eigenvalue weighted by Crippen LogP contribution is -2.54. The lowest BCUT2D eigenvalue weighted by molar-refractivity contribution is -0.142. The molecule has 32 heavy (non-hydrogen) atoms. The van der Waals surface area contributed by atoms with E-state index in [0.717, 1.165) is 12.1 Å². The summed E-state index contributed by atoms with van der Waals surface area (Å²) in [5.41, 5.74) is 1.93. The monoisotopic (exact) mass is 435 g/mol. The van der Waals surface area contributed by atoms with Gasteiger partial charge in [0.05, 0.1) is 25.4 Å². The first kappa shape index (κ1) is 20.5. The Morgan fingerprint density at radius 2 is 1.69 bits per heavy atom. The van der Waals surface area contributed by atoms with Crippen LogP contribution >= 0.6 is 0 Å². The maximum absolute atomic E-state index is 13.4. The second-order valence-corrected chi connectivity index (χ2v) is 8.12. The first-order valence-electron chi connectivity index (χ1n) is 11.0. The lowest BCUT2D eigenvalue weighted by Gasteiger charge is -2.37. The summed E-state index contributed by atoms with van der Waals surface area (Å²) in [7, 11) is 0. The second kappa shape index (κ2) is 8.63. The molecule has 0 spiro atoms. The van der Waals surface area contributed by atoms with Crippen LogP contribution in [0.15, 0.2) is 48.5 Å². The zero-order chi connectivity index (χ0) is 22.1. The number of carbonyl (C=O) groups excluding carboxylic acids is 3. The molecule has 2 aromatic carbocycles. The van der Waals surface area contributed by atoms with Gasteiger partial charge >= 0.3 is 0 Å². The summed E-state index contributed by atoms with van der Waals surface area (Å²) in [5.74, 6) is 0.275. The fourth-order valence-corrected chi connectivity index (χ4v) is 4.40. The SMILES string of the molecule is O=C(C1CN(C(=O)c2ccc(N3CCCC3=O)cc2)c2ccccc2O1)N1CCOCC1. The summed E-state index contributed by atoms with van der Waals surface area (Å²) >= 11 is 0. The van der Waals surface area contributed by atoms with Crippen molar-refractivity contribution >= 4 is 29.1 Å². The molecule has 3 amide bonds. The molecule has 3 aliphatic rings. The van der Waals surface area contributed by atoms with Gasteiger partial charge in [0.15, 0.2) is 6.10 Å². The summed E-state index contributed by atoms with van der Waals surface area (Å²) < 4.78 is 11.3. The summed E-state index contributed by atoms with van der Waals surface area (Å²) in [4.78, 5) is 43.6. The van der Waals surface area contributed by atoms with Crippen molar-refractivity contribution in [3.8, 4) is 5.75 Å². The molecule has 0 bridgehead atoms. The van der Waals surface area contributed by atoms with Crippen LogP contribution in [-0.4, -0.2) is 68.1 Å². The van der Waals surface area contributed by atoms with Crippen molar-refractivity contribution in [1.82, 2.24) is 4.90 Å². The fourth-order valence-electron chi connectivity index (χ4n) is 4.40. The van der Waals surface area contributed by atoms with Crippen LogP contribution in [0.4, 0.5) is 11.4 Å². The predicted molar refractivity (Wildman–Crippen MR) is 118 cm³/mol. The van der Waals surface area contributed by atoms with E-state index in [1.165, 1.54) is 0 Å². The number of amides is 3. The number of hydrogen-bond acceptors (Lipinski definition) is 5. The number of fused-ring (bicyclic) bond motifs is 1. The van der Waals surface area contributed by atoms with Crippen molar-refractivity contribution in [1.29, 1.82) is 0 Å². The van der Waals surface area contributed by atoms with Gasteiger partial charge in [-0.25, -0.2) is 0 Å². The Kier molecular flexibility index (Phi) is 5.53. The third-order valence-electron chi connectivity index (χ3n) is 6.12. The fraction of sp³-hybridized carbons (Fsp3) is 0.375. The van der Waals surface area contributed by atoms with Gasteiger partial charge in [0.2, 0.25) is 5.91 Å². The Labute approximate surface area is 186 Å². The molecule has 3 aliphatic heterocycles. The summed E-state index contributed by atoms with van der Waals surface area (Å²) in [6.45, 7) is 2.88. The third-order valence-corrected chi connectivity index (χ3v) is 6.12. The van der Waals surface area contributed by atoms with Gasteiger partial charge in [-0.15, -0.1) is 0 Å². The van der Waals surface area contributed by atoms with Gasteiger partial charge in [-0.05, 0) is 42.8 Å². The Bertz CT molecular complexity index is 1030. The molecule has 8 heteroatoms. The minimum absolute atomic E-state index is 0.107. The molecule has 0 aromatic heterocycles.